The molecule has 0 amide bonds. The zero-order chi connectivity index (χ0) is 16.2. The molecule has 2 heteroatoms. The van der Waals surface area contributed by atoms with Crippen molar-refractivity contribution in [3.63, 3.8) is 0 Å². The highest BCUT2D eigenvalue weighted by Crippen LogP contribution is 2.35. The predicted octanol–water partition coefficient (Wildman–Crippen LogP) is 5.03. The first-order chi connectivity index (χ1) is 11.2. The van der Waals surface area contributed by atoms with Crippen molar-refractivity contribution in [1.29, 1.82) is 0 Å². The Balaban J connectivity index is 1.70. The summed E-state index contributed by atoms with van der Waals surface area (Å²) >= 11 is 0. The van der Waals surface area contributed by atoms with Gasteiger partial charge in [0.15, 0.2) is 0 Å². The third-order valence-corrected chi connectivity index (χ3v) is 5.34. The number of nitrogens with zero attached hydrogens (tertiary/aromatic N) is 1. The van der Waals surface area contributed by atoms with Crippen LogP contribution in [0.1, 0.15) is 67.5 Å². The molecular formula is C21H27NO. The van der Waals surface area contributed by atoms with E-state index in [1.165, 1.54) is 36.8 Å². The minimum absolute atomic E-state index is 0.167. The minimum atomic E-state index is -0.581. The Labute approximate surface area is 139 Å². The highest BCUT2D eigenvalue weighted by atomic mass is 16.3. The first-order valence-corrected chi connectivity index (χ1v) is 8.71. The SMILES string of the molecule is CC(c1ccccc1)N(C)C(O)c1ccc(C2CCCC2)cc1. The first-order valence-electron chi connectivity index (χ1n) is 8.71. The highest BCUT2D eigenvalue weighted by Gasteiger charge is 2.21. The highest BCUT2D eigenvalue weighted by molar-refractivity contribution is 5.27. The molecule has 1 aliphatic carbocycles. The van der Waals surface area contributed by atoms with Crippen molar-refractivity contribution in [1.82, 2.24) is 4.90 Å². The quantitative estimate of drug-likeness (QED) is 0.783. The minimum Gasteiger partial charge on any atom is -0.374 e. The lowest BCUT2D eigenvalue weighted by Gasteiger charge is -2.30. The van der Waals surface area contributed by atoms with E-state index >= 15 is 0 Å². The van der Waals surface area contributed by atoms with E-state index < -0.39 is 6.23 Å². The van der Waals surface area contributed by atoms with Crippen molar-refractivity contribution in [2.75, 3.05) is 7.05 Å². The molecule has 1 N–H and O–H groups in total. The van der Waals surface area contributed by atoms with E-state index in [1.807, 2.05) is 30.1 Å². The van der Waals surface area contributed by atoms with Crippen molar-refractivity contribution in [3.8, 4) is 0 Å². The smallest absolute Gasteiger partial charge is 0.133 e. The fourth-order valence-electron chi connectivity index (χ4n) is 3.61. The number of aliphatic hydroxyl groups excluding tert-OH is 1. The molecule has 3 rings (SSSR count). The van der Waals surface area contributed by atoms with Crippen LogP contribution in [0.4, 0.5) is 0 Å². The number of hydrogen-bond donors (Lipinski definition) is 1. The zero-order valence-corrected chi connectivity index (χ0v) is 14.2. The maximum absolute atomic E-state index is 10.7. The van der Waals surface area contributed by atoms with Gasteiger partial charge in [-0.3, -0.25) is 4.90 Å². The lowest BCUT2D eigenvalue weighted by Crippen LogP contribution is -2.27. The molecule has 2 aromatic carbocycles. The van der Waals surface area contributed by atoms with Crippen LogP contribution in [0.25, 0.3) is 0 Å². The topological polar surface area (TPSA) is 23.5 Å². The van der Waals surface area contributed by atoms with Gasteiger partial charge < -0.3 is 5.11 Å². The number of benzene rings is 2. The van der Waals surface area contributed by atoms with Gasteiger partial charge in [-0.05, 0) is 49.4 Å². The van der Waals surface area contributed by atoms with E-state index in [0.717, 1.165) is 11.5 Å². The van der Waals surface area contributed by atoms with Gasteiger partial charge in [-0.15, -0.1) is 0 Å². The van der Waals surface area contributed by atoms with Crippen LogP contribution in [0.3, 0.4) is 0 Å². The fourth-order valence-corrected chi connectivity index (χ4v) is 3.61. The summed E-state index contributed by atoms with van der Waals surface area (Å²) in [6.07, 6.45) is 4.75. The van der Waals surface area contributed by atoms with Gasteiger partial charge in [0.25, 0.3) is 0 Å². The van der Waals surface area contributed by atoms with Crippen LogP contribution >= 0.6 is 0 Å². The van der Waals surface area contributed by atoms with Crippen molar-refractivity contribution in [3.05, 3.63) is 71.3 Å². The number of aliphatic hydroxyl groups is 1. The molecular weight excluding hydrogens is 282 g/mol. The predicted molar refractivity (Wildman–Crippen MR) is 95.2 cm³/mol. The molecule has 1 aliphatic rings. The monoisotopic (exact) mass is 309 g/mol. The molecule has 122 valence electrons. The van der Waals surface area contributed by atoms with Gasteiger partial charge in [0.1, 0.15) is 6.23 Å². The molecule has 2 aromatic rings. The molecule has 2 unspecified atom stereocenters. The van der Waals surface area contributed by atoms with Crippen molar-refractivity contribution < 1.29 is 5.11 Å². The van der Waals surface area contributed by atoms with Crippen molar-refractivity contribution in [2.24, 2.45) is 0 Å². The number of hydrogen-bond acceptors (Lipinski definition) is 2. The van der Waals surface area contributed by atoms with Gasteiger partial charge in [-0.2, -0.15) is 0 Å². The molecule has 2 nitrogen and oxygen atoms in total. The maximum Gasteiger partial charge on any atom is 0.133 e. The summed E-state index contributed by atoms with van der Waals surface area (Å²) in [5, 5.41) is 10.7. The van der Waals surface area contributed by atoms with E-state index in [4.69, 9.17) is 0 Å². The summed E-state index contributed by atoms with van der Waals surface area (Å²) in [6, 6.07) is 19.1. The average molecular weight is 309 g/mol. The molecule has 0 radical (unpaired) electrons. The maximum atomic E-state index is 10.7. The van der Waals surface area contributed by atoms with E-state index in [0.29, 0.717) is 0 Å². The average Bonchev–Trinajstić information content (AvgIpc) is 3.15. The van der Waals surface area contributed by atoms with Gasteiger partial charge in [-0.1, -0.05) is 67.4 Å². The van der Waals surface area contributed by atoms with Crippen LogP contribution in [0.2, 0.25) is 0 Å². The Kier molecular flexibility index (Phi) is 5.14. The molecule has 1 saturated carbocycles. The Morgan fingerprint density at radius 3 is 2.13 bits per heavy atom. The van der Waals surface area contributed by atoms with E-state index in [-0.39, 0.29) is 6.04 Å². The lowest BCUT2D eigenvalue weighted by atomic mass is 9.96. The van der Waals surface area contributed by atoms with Crippen molar-refractivity contribution in [2.45, 2.75) is 50.8 Å². The van der Waals surface area contributed by atoms with E-state index in [2.05, 4.69) is 43.3 Å². The second-order valence-electron chi connectivity index (χ2n) is 6.77. The van der Waals surface area contributed by atoms with Gasteiger partial charge in [-0.25, -0.2) is 0 Å². The summed E-state index contributed by atoms with van der Waals surface area (Å²) in [4.78, 5) is 2.01. The van der Waals surface area contributed by atoms with Crippen LogP contribution < -0.4 is 0 Å². The molecule has 0 aliphatic heterocycles. The Hall–Kier alpha value is -1.64. The normalized spacial score (nSPS) is 18.3. The fraction of sp³-hybridized carbons (Fsp3) is 0.429. The van der Waals surface area contributed by atoms with Gasteiger partial charge in [0.05, 0.1) is 0 Å². The molecule has 2 atom stereocenters. The third-order valence-electron chi connectivity index (χ3n) is 5.34. The second-order valence-corrected chi connectivity index (χ2v) is 6.77. The molecule has 1 fully saturated rings. The summed E-state index contributed by atoms with van der Waals surface area (Å²) in [5.41, 5.74) is 3.62. The molecule has 0 heterocycles. The van der Waals surface area contributed by atoms with Crippen LogP contribution in [0.5, 0.6) is 0 Å². The van der Waals surface area contributed by atoms with Crippen LogP contribution in [0, 0.1) is 0 Å². The third kappa shape index (κ3) is 3.65. The number of rotatable bonds is 5. The van der Waals surface area contributed by atoms with Gasteiger partial charge >= 0.3 is 0 Å². The summed E-state index contributed by atoms with van der Waals surface area (Å²) < 4.78 is 0. The Morgan fingerprint density at radius 1 is 0.913 bits per heavy atom. The van der Waals surface area contributed by atoms with Crippen LogP contribution in [0.15, 0.2) is 54.6 Å². The summed E-state index contributed by atoms with van der Waals surface area (Å²) in [7, 11) is 1.98. The summed E-state index contributed by atoms with van der Waals surface area (Å²) in [6.45, 7) is 2.13. The van der Waals surface area contributed by atoms with E-state index in [1.54, 1.807) is 0 Å². The van der Waals surface area contributed by atoms with Crippen molar-refractivity contribution >= 4 is 0 Å². The van der Waals surface area contributed by atoms with Gasteiger partial charge in [0, 0.05) is 6.04 Å². The van der Waals surface area contributed by atoms with Gasteiger partial charge in [0.2, 0.25) is 0 Å². The molecule has 0 saturated heterocycles. The second kappa shape index (κ2) is 7.29. The lowest BCUT2D eigenvalue weighted by molar-refractivity contribution is -0.00437. The zero-order valence-electron chi connectivity index (χ0n) is 14.2. The molecule has 0 spiro atoms. The molecule has 0 bridgehead atoms. The van der Waals surface area contributed by atoms with E-state index in [9.17, 15) is 5.11 Å². The summed E-state index contributed by atoms with van der Waals surface area (Å²) in [5.74, 6) is 0.724. The van der Waals surface area contributed by atoms with Crippen LogP contribution in [-0.4, -0.2) is 17.1 Å². The largest absolute Gasteiger partial charge is 0.374 e. The molecule has 0 aromatic heterocycles. The Bertz CT molecular complexity index is 601. The standard InChI is InChI=1S/C21H27NO/c1-16(17-8-4-3-5-9-17)22(2)21(23)20-14-12-19(13-15-20)18-10-6-7-11-18/h3-5,8-9,12-16,18,21,23H,6-7,10-11H2,1-2H3. The first kappa shape index (κ1) is 16.2. The Morgan fingerprint density at radius 2 is 1.52 bits per heavy atom. The van der Waals surface area contributed by atoms with Crippen LogP contribution in [-0.2, 0) is 0 Å². The molecule has 23 heavy (non-hydrogen) atoms.